The monoisotopic (exact) mass is 464 g/mol. The molecule has 0 saturated carbocycles. The number of rotatable bonds is 5. The largest absolute Gasteiger partial charge is 0.356 e. The summed E-state index contributed by atoms with van der Waals surface area (Å²) in [5, 5.41) is 14.3. The number of nitro benzene ring substituents is 1. The number of fused-ring (bicyclic) bond motifs is 1. The van der Waals surface area contributed by atoms with Gasteiger partial charge in [0, 0.05) is 49.6 Å². The van der Waals surface area contributed by atoms with E-state index in [0.29, 0.717) is 41.3 Å². The zero-order valence-electron chi connectivity index (χ0n) is 17.7. The van der Waals surface area contributed by atoms with Crippen LogP contribution in [-0.2, 0) is 4.79 Å². The topological polar surface area (TPSA) is 132 Å². The van der Waals surface area contributed by atoms with Gasteiger partial charge in [-0.3, -0.25) is 19.5 Å². The Morgan fingerprint density at radius 3 is 2.70 bits per heavy atom. The van der Waals surface area contributed by atoms with Gasteiger partial charge in [0.25, 0.3) is 5.69 Å². The molecule has 1 N–H and O–H groups in total. The van der Waals surface area contributed by atoms with Crippen LogP contribution in [0.4, 0.5) is 16.6 Å². The second-order valence-electron chi connectivity index (χ2n) is 7.76. The third kappa shape index (κ3) is 4.24. The van der Waals surface area contributed by atoms with Crippen LogP contribution in [0.25, 0.3) is 16.0 Å². The summed E-state index contributed by atoms with van der Waals surface area (Å²) in [6.45, 7) is 3.31. The molecule has 1 aliphatic rings. The molecule has 1 fully saturated rings. The Kier molecular flexibility index (Phi) is 5.42. The van der Waals surface area contributed by atoms with Crippen LogP contribution in [-0.4, -0.2) is 48.4 Å². The first-order valence-corrected chi connectivity index (χ1v) is 11.2. The van der Waals surface area contributed by atoms with E-state index in [9.17, 15) is 14.9 Å². The minimum Gasteiger partial charge on any atom is -0.356 e. The van der Waals surface area contributed by atoms with Crippen molar-refractivity contribution in [1.82, 2.24) is 24.5 Å². The van der Waals surface area contributed by atoms with E-state index >= 15 is 0 Å². The summed E-state index contributed by atoms with van der Waals surface area (Å²) in [6, 6.07) is 6.41. The number of amides is 1. The predicted molar refractivity (Wildman–Crippen MR) is 124 cm³/mol. The van der Waals surface area contributed by atoms with E-state index in [0.717, 1.165) is 17.5 Å². The van der Waals surface area contributed by atoms with Gasteiger partial charge < -0.3 is 10.2 Å². The smallest absolute Gasteiger partial charge is 0.270 e. The van der Waals surface area contributed by atoms with Crippen LogP contribution in [0.15, 0.2) is 43.0 Å². The second kappa shape index (κ2) is 8.54. The first kappa shape index (κ1) is 20.9. The molecule has 11 nitrogen and oxygen atoms in total. The average molecular weight is 465 g/mol. The standard InChI is InChI=1S/C21H20N8O3S/c1-13-22-6-9-28(13)19-11-18(23-12-24-19)27-7-4-14(5-8-27)20(30)26-21-25-16-3-2-15(29(31)32)10-17(16)33-21/h2-3,6,9-12,14H,4-5,7-8H2,1H3,(H,25,26,30). The number of nitro groups is 1. The highest BCUT2D eigenvalue weighted by Crippen LogP contribution is 2.30. The maximum Gasteiger partial charge on any atom is 0.270 e. The van der Waals surface area contributed by atoms with Gasteiger partial charge >= 0.3 is 0 Å². The Balaban J connectivity index is 1.22. The number of piperidine rings is 1. The highest BCUT2D eigenvalue weighted by Gasteiger charge is 2.26. The number of hydrogen-bond acceptors (Lipinski definition) is 9. The zero-order chi connectivity index (χ0) is 22.9. The number of nitrogens with zero attached hydrogens (tertiary/aromatic N) is 7. The SMILES string of the molecule is Cc1nccn1-c1cc(N2CCC(C(=O)Nc3nc4ccc([N+](=O)[O-])cc4s3)CC2)ncn1. The third-order valence-electron chi connectivity index (χ3n) is 5.71. The highest BCUT2D eigenvalue weighted by atomic mass is 32.1. The molecule has 1 aliphatic heterocycles. The lowest BCUT2D eigenvalue weighted by Crippen LogP contribution is -2.38. The molecule has 1 saturated heterocycles. The van der Waals surface area contributed by atoms with Crippen molar-refractivity contribution in [3.05, 3.63) is 58.9 Å². The summed E-state index contributed by atoms with van der Waals surface area (Å²) in [5.41, 5.74) is 0.635. The van der Waals surface area contributed by atoms with Crippen LogP contribution in [0.2, 0.25) is 0 Å². The molecule has 33 heavy (non-hydrogen) atoms. The van der Waals surface area contributed by atoms with Crippen LogP contribution in [0, 0.1) is 23.0 Å². The summed E-state index contributed by atoms with van der Waals surface area (Å²) in [4.78, 5) is 42.8. The number of imidazole rings is 1. The van der Waals surface area contributed by atoms with Gasteiger partial charge in [0.1, 0.15) is 23.8 Å². The highest BCUT2D eigenvalue weighted by molar-refractivity contribution is 7.22. The predicted octanol–water partition coefficient (Wildman–Crippen LogP) is 3.34. The van der Waals surface area contributed by atoms with E-state index in [1.165, 1.54) is 23.5 Å². The van der Waals surface area contributed by atoms with Crippen molar-refractivity contribution in [1.29, 1.82) is 0 Å². The van der Waals surface area contributed by atoms with Gasteiger partial charge in [-0.1, -0.05) is 11.3 Å². The minimum absolute atomic E-state index is 0.00692. The molecule has 0 bridgehead atoms. The number of hydrogen-bond donors (Lipinski definition) is 1. The van der Waals surface area contributed by atoms with Crippen LogP contribution in [0.3, 0.4) is 0 Å². The molecule has 0 spiro atoms. The molecule has 12 heteroatoms. The Bertz CT molecular complexity index is 1340. The molecule has 0 aliphatic carbocycles. The van der Waals surface area contributed by atoms with E-state index in [1.54, 1.807) is 18.6 Å². The summed E-state index contributed by atoms with van der Waals surface area (Å²) in [5.74, 6) is 2.20. The van der Waals surface area contributed by atoms with Gasteiger partial charge in [-0.2, -0.15) is 0 Å². The van der Waals surface area contributed by atoms with Crippen LogP contribution < -0.4 is 10.2 Å². The van der Waals surface area contributed by atoms with Crippen LogP contribution >= 0.6 is 11.3 Å². The Hall–Kier alpha value is -3.93. The van der Waals surface area contributed by atoms with Gasteiger partial charge in [0.2, 0.25) is 5.91 Å². The molecule has 4 heterocycles. The van der Waals surface area contributed by atoms with E-state index in [-0.39, 0.29) is 17.5 Å². The molecule has 0 atom stereocenters. The van der Waals surface area contributed by atoms with Crippen molar-refractivity contribution in [2.45, 2.75) is 19.8 Å². The number of nitrogens with one attached hydrogen (secondary N) is 1. The number of anilines is 2. The lowest BCUT2D eigenvalue weighted by molar-refractivity contribution is -0.384. The minimum atomic E-state index is -0.442. The number of aryl methyl sites for hydroxylation is 1. The maximum absolute atomic E-state index is 12.8. The van der Waals surface area contributed by atoms with Crippen molar-refractivity contribution in [3.63, 3.8) is 0 Å². The molecule has 168 valence electrons. The average Bonchev–Trinajstić information content (AvgIpc) is 3.44. The molecule has 0 unspecified atom stereocenters. The summed E-state index contributed by atoms with van der Waals surface area (Å²) < 4.78 is 2.57. The first-order chi connectivity index (χ1) is 16.0. The Morgan fingerprint density at radius 2 is 1.97 bits per heavy atom. The van der Waals surface area contributed by atoms with E-state index in [1.807, 2.05) is 23.8 Å². The van der Waals surface area contributed by atoms with Crippen molar-refractivity contribution >= 4 is 44.1 Å². The number of carbonyl (C=O) groups excluding carboxylic acids is 1. The fourth-order valence-corrected chi connectivity index (χ4v) is 4.82. The van der Waals surface area contributed by atoms with Crippen LogP contribution in [0.5, 0.6) is 0 Å². The molecular formula is C21H20N8O3S. The lowest BCUT2D eigenvalue weighted by atomic mass is 9.96. The summed E-state index contributed by atoms with van der Waals surface area (Å²) >= 11 is 1.24. The Morgan fingerprint density at radius 1 is 1.18 bits per heavy atom. The van der Waals surface area contributed by atoms with Crippen molar-refractivity contribution in [3.8, 4) is 5.82 Å². The fourth-order valence-electron chi connectivity index (χ4n) is 3.92. The van der Waals surface area contributed by atoms with Crippen molar-refractivity contribution in [2.24, 2.45) is 5.92 Å². The number of carbonyl (C=O) groups is 1. The van der Waals surface area contributed by atoms with E-state index in [4.69, 9.17) is 0 Å². The van der Waals surface area contributed by atoms with Gasteiger partial charge in [0.05, 0.1) is 15.1 Å². The number of thiazole rings is 1. The second-order valence-corrected chi connectivity index (χ2v) is 8.79. The molecule has 3 aromatic heterocycles. The summed E-state index contributed by atoms with van der Waals surface area (Å²) in [6.07, 6.45) is 6.50. The molecule has 0 radical (unpaired) electrons. The number of aromatic nitrogens is 5. The Labute approximate surface area is 192 Å². The molecular weight excluding hydrogens is 444 g/mol. The molecule has 1 amide bonds. The maximum atomic E-state index is 12.8. The number of non-ortho nitro benzene ring substituents is 1. The zero-order valence-corrected chi connectivity index (χ0v) is 18.5. The van der Waals surface area contributed by atoms with Crippen molar-refractivity contribution in [2.75, 3.05) is 23.3 Å². The van der Waals surface area contributed by atoms with E-state index in [2.05, 4.69) is 30.2 Å². The van der Waals surface area contributed by atoms with Gasteiger partial charge in [-0.05, 0) is 25.8 Å². The van der Waals surface area contributed by atoms with Gasteiger partial charge in [-0.15, -0.1) is 0 Å². The quantitative estimate of drug-likeness (QED) is 0.351. The third-order valence-corrected chi connectivity index (χ3v) is 6.65. The normalized spacial score (nSPS) is 14.5. The fraction of sp³-hybridized carbons (Fsp3) is 0.286. The van der Waals surface area contributed by atoms with Crippen LogP contribution in [0.1, 0.15) is 18.7 Å². The van der Waals surface area contributed by atoms with Crippen molar-refractivity contribution < 1.29 is 9.72 Å². The molecule has 4 aromatic rings. The molecule has 5 rings (SSSR count). The van der Waals surface area contributed by atoms with E-state index < -0.39 is 4.92 Å². The van der Waals surface area contributed by atoms with Gasteiger partial charge in [0.15, 0.2) is 5.13 Å². The lowest BCUT2D eigenvalue weighted by Gasteiger charge is -2.32. The van der Waals surface area contributed by atoms with Gasteiger partial charge in [-0.25, -0.2) is 19.9 Å². The number of benzene rings is 1. The molecule has 1 aromatic carbocycles. The summed E-state index contributed by atoms with van der Waals surface area (Å²) in [7, 11) is 0. The first-order valence-electron chi connectivity index (χ1n) is 10.4.